The molecule has 0 saturated heterocycles. The van der Waals surface area contributed by atoms with Crippen LogP contribution in [-0.2, 0) is 6.54 Å². The molecule has 3 heteroatoms. The number of hydrogen-bond acceptors (Lipinski definition) is 3. The Labute approximate surface area is 98.2 Å². The number of aromatic nitrogens is 1. The molecule has 0 fully saturated rings. The Morgan fingerprint density at radius 3 is 2.75 bits per heavy atom. The molecule has 0 radical (unpaired) electrons. The minimum Gasteiger partial charge on any atom is -0.489 e. The van der Waals surface area contributed by atoms with Gasteiger partial charge in [0.15, 0.2) is 0 Å². The summed E-state index contributed by atoms with van der Waals surface area (Å²) in [5.41, 5.74) is 1.16. The third kappa shape index (κ3) is 4.19. The van der Waals surface area contributed by atoms with Gasteiger partial charge >= 0.3 is 0 Å². The SMILES string of the molecule is CNCc1ccncc1OC(C)CC(C)C. The molecule has 0 aliphatic heterocycles. The number of hydrogen-bond donors (Lipinski definition) is 1. The minimum absolute atomic E-state index is 0.236. The first-order valence-electron chi connectivity index (χ1n) is 5.87. The number of rotatable bonds is 6. The smallest absolute Gasteiger partial charge is 0.142 e. The largest absolute Gasteiger partial charge is 0.489 e. The first-order chi connectivity index (χ1) is 7.63. The van der Waals surface area contributed by atoms with Crippen LogP contribution in [0.15, 0.2) is 18.5 Å². The highest BCUT2D eigenvalue weighted by atomic mass is 16.5. The van der Waals surface area contributed by atoms with E-state index in [1.165, 1.54) is 0 Å². The lowest BCUT2D eigenvalue weighted by atomic mass is 10.1. The summed E-state index contributed by atoms with van der Waals surface area (Å²) in [5, 5.41) is 3.13. The third-order valence-electron chi connectivity index (χ3n) is 2.37. The van der Waals surface area contributed by atoms with Gasteiger partial charge in [0.1, 0.15) is 5.75 Å². The van der Waals surface area contributed by atoms with Crippen molar-refractivity contribution in [1.29, 1.82) is 0 Å². The highest BCUT2D eigenvalue weighted by Gasteiger charge is 2.09. The van der Waals surface area contributed by atoms with Crippen LogP contribution in [0, 0.1) is 5.92 Å². The fourth-order valence-corrected chi connectivity index (χ4v) is 1.78. The Bertz CT molecular complexity index is 313. The molecule has 0 spiro atoms. The van der Waals surface area contributed by atoms with Crippen LogP contribution in [0.4, 0.5) is 0 Å². The van der Waals surface area contributed by atoms with E-state index in [2.05, 4.69) is 31.1 Å². The molecule has 0 bridgehead atoms. The van der Waals surface area contributed by atoms with Gasteiger partial charge < -0.3 is 10.1 Å². The summed E-state index contributed by atoms with van der Waals surface area (Å²) in [6.45, 7) is 7.33. The van der Waals surface area contributed by atoms with Crippen LogP contribution in [0.1, 0.15) is 32.8 Å². The van der Waals surface area contributed by atoms with Gasteiger partial charge in [-0.2, -0.15) is 0 Å². The lowest BCUT2D eigenvalue weighted by molar-refractivity contribution is 0.190. The zero-order chi connectivity index (χ0) is 12.0. The predicted molar refractivity (Wildman–Crippen MR) is 66.5 cm³/mol. The molecule has 1 N–H and O–H groups in total. The highest BCUT2D eigenvalue weighted by molar-refractivity contribution is 5.29. The van der Waals surface area contributed by atoms with Crippen molar-refractivity contribution in [3.05, 3.63) is 24.0 Å². The normalized spacial score (nSPS) is 12.8. The van der Waals surface area contributed by atoms with Gasteiger partial charge in [-0.05, 0) is 32.4 Å². The minimum atomic E-state index is 0.236. The molecule has 0 amide bonds. The van der Waals surface area contributed by atoms with Gasteiger partial charge in [-0.15, -0.1) is 0 Å². The zero-order valence-corrected chi connectivity index (χ0v) is 10.7. The number of nitrogens with zero attached hydrogens (tertiary/aromatic N) is 1. The second kappa shape index (κ2) is 6.48. The van der Waals surface area contributed by atoms with Gasteiger partial charge in [0, 0.05) is 18.3 Å². The molecule has 0 aliphatic rings. The van der Waals surface area contributed by atoms with Crippen molar-refractivity contribution in [3.8, 4) is 5.75 Å². The van der Waals surface area contributed by atoms with Crippen LogP contribution in [0.5, 0.6) is 5.75 Å². The first-order valence-corrected chi connectivity index (χ1v) is 5.87. The van der Waals surface area contributed by atoms with Gasteiger partial charge in [0.2, 0.25) is 0 Å². The van der Waals surface area contributed by atoms with Crippen LogP contribution in [0.2, 0.25) is 0 Å². The fraction of sp³-hybridized carbons (Fsp3) is 0.615. The molecule has 1 aromatic rings. The maximum atomic E-state index is 5.91. The van der Waals surface area contributed by atoms with Gasteiger partial charge in [0.25, 0.3) is 0 Å². The van der Waals surface area contributed by atoms with E-state index in [4.69, 9.17) is 4.74 Å². The summed E-state index contributed by atoms with van der Waals surface area (Å²) in [5.74, 6) is 1.55. The van der Waals surface area contributed by atoms with E-state index in [0.29, 0.717) is 5.92 Å². The molecule has 1 heterocycles. The van der Waals surface area contributed by atoms with Crippen molar-refractivity contribution in [3.63, 3.8) is 0 Å². The van der Waals surface area contributed by atoms with Crippen molar-refractivity contribution >= 4 is 0 Å². The Kier molecular flexibility index (Phi) is 5.26. The van der Waals surface area contributed by atoms with E-state index in [0.717, 1.165) is 24.3 Å². The topological polar surface area (TPSA) is 34.2 Å². The van der Waals surface area contributed by atoms with Crippen LogP contribution in [-0.4, -0.2) is 18.1 Å². The Morgan fingerprint density at radius 2 is 2.12 bits per heavy atom. The third-order valence-corrected chi connectivity index (χ3v) is 2.37. The van der Waals surface area contributed by atoms with Crippen LogP contribution in [0.3, 0.4) is 0 Å². The number of nitrogens with one attached hydrogen (secondary N) is 1. The highest BCUT2D eigenvalue weighted by Crippen LogP contribution is 2.19. The molecule has 0 aliphatic carbocycles. The molecule has 0 saturated carbocycles. The summed E-state index contributed by atoms with van der Waals surface area (Å²) in [6, 6.07) is 1.99. The van der Waals surface area contributed by atoms with E-state index >= 15 is 0 Å². The molecule has 1 rings (SSSR count). The van der Waals surface area contributed by atoms with Gasteiger partial charge in [-0.1, -0.05) is 13.8 Å². The van der Waals surface area contributed by atoms with Gasteiger partial charge in [-0.25, -0.2) is 0 Å². The van der Waals surface area contributed by atoms with Crippen molar-refractivity contribution in [2.75, 3.05) is 7.05 Å². The second-order valence-electron chi connectivity index (χ2n) is 4.57. The predicted octanol–water partition coefficient (Wildman–Crippen LogP) is 2.61. The Balaban J connectivity index is 2.64. The fourth-order valence-electron chi connectivity index (χ4n) is 1.78. The molecular weight excluding hydrogens is 200 g/mol. The summed E-state index contributed by atoms with van der Waals surface area (Å²) in [6.07, 6.45) is 4.89. The van der Waals surface area contributed by atoms with Gasteiger partial charge in [0.05, 0.1) is 12.3 Å². The lowest BCUT2D eigenvalue weighted by Crippen LogP contribution is -2.16. The first kappa shape index (κ1) is 13.0. The summed E-state index contributed by atoms with van der Waals surface area (Å²) in [7, 11) is 1.93. The average molecular weight is 222 g/mol. The summed E-state index contributed by atoms with van der Waals surface area (Å²) < 4.78 is 5.91. The summed E-state index contributed by atoms with van der Waals surface area (Å²) >= 11 is 0. The molecule has 1 aromatic heterocycles. The average Bonchev–Trinajstić information content (AvgIpc) is 2.20. The van der Waals surface area contributed by atoms with Crippen LogP contribution < -0.4 is 10.1 Å². The maximum absolute atomic E-state index is 5.91. The van der Waals surface area contributed by atoms with Crippen molar-refractivity contribution < 1.29 is 4.74 Å². The van der Waals surface area contributed by atoms with E-state index in [1.807, 2.05) is 13.1 Å². The monoisotopic (exact) mass is 222 g/mol. The van der Waals surface area contributed by atoms with E-state index in [-0.39, 0.29) is 6.10 Å². The lowest BCUT2D eigenvalue weighted by Gasteiger charge is -2.18. The second-order valence-corrected chi connectivity index (χ2v) is 4.57. The van der Waals surface area contributed by atoms with Crippen molar-refractivity contribution in [2.45, 2.75) is 39.8 Å². The molecule has 16 heavy (non-hydrogen) atoms. The quantitative estimate of drug-likeness (QED) is 0.803. The molecule has 1 atom stereocenters. The van der Waals surface area contributed by atoms with E-state index in [9.17, 15) is 0 Å². The molecule has 90 valence electrons. The van der Waals surface area contributed by atoms with E-state index < -0.39 is 0 Å². The van der Waals surface area contributed by atoms with E-state index in [1.54, 1.807) is 12.4 Å². The molecule has 3 nitrogen and oxygen atoms in total. The van der Waals surface area contributed by atoms with Gasteiger partial charge in [-0.3, -0.25) is 4.98 Å². The Morgan fingerprint density at radius 1 is 1.38 bits per heavy atom. The maximum Gasteiger partial charge on any atom is 0.142 e. The summed E-state index contributed by atoms with van der Waals surface area (Å²) in [4.78, 5) is 4.11. The molecular formula is C13H22N2O. The van der Waals surface area contributed by atoms with Crippen LogP contribution in [0.25, 0.3) is 0 Å². The standard InChI is InChI=1S/C13H22N2O/c1-10(2)7-11(3)16-13-9-15-6-5-12(13)8-14-4/h5-6,9-11,14H,7-8H2,1-4H3. The number of ether oxygens (including phenoxy) is 1. The zero-order valence-electron chi connectivity index (χ0n) is 10.7. The molecule has 1 unspecified atom stereocenters. The Hall–Kier alpha value is -1.09. The van der Waals surface area contributed by atoms with Crippen molar-refractivity contribution in [1.82, 2.24) is 10.3 Å². The number of pyridine rings is 1. The van der Waals surface area contributed by atoms with Crippen LogP contribution >= 0.6 is 0 Å². The van der Waals surface area contributed by atoms with Crippen molar-refractivity contribution in [2.24, 2.45) is 5.92 Å². The molecule has 0 aromatic carbocycles.